The molecule has 1 aliphatic rings. The molecule has 0 radical (unpaired) electrons. The smallest absolute Gasteiger partial charge is 0.320 e. The largest absolute Gasteiger partial charge is 0.480 e. The van der Waals surface area contributed by atoms with Crippen molar-refractivity contribution in [2.75, 3.05) is 6.54 Å². The molecule has 1 aliphatic heterocycles. The van der Waals surface area contributed by atoms with Gasteiger partial charge < -0.3 is 5.11 Å². The summed E-state index contributed by atoms with van der Waals surface area (Å²) in [5.74, 6) is -0.225. The third-order valence-electron chi connectivity index (χ3n) is 4.13. The molecule has 4 heteroatoms. The second-order valence-corrected chi connectivity index (χ2v) is 5.44. The lowest BCUT2D eigenvalue weighted by molar-refractivity contribution is -0.145. The zero-order chi connectivity index (χ0) is 14.5. The van der Waals surface area contributed by atoms with Crippen molar-refractivity contribution in [1.82, 2.24) is 4.90 Å². The van der Waals surface area contributed by atoms with Gasteiger partial charge in [-0.1, -0.05) is 25.5 Å². The van der Waals surface area contributed by atoms with Gasteiger partial charge in [-0.15, -0.1) is 0 Å². The second-order valence-electron chi connectivity index (χ2n) is 5.44. The van der Waals surface area contributed by atoms with Gasteiger partial charge in [-0.3, -0.25) is 9.69 Å². The van der Waals surface area contributed by atoms with Crippen molar-refractivity contribution in [3.8, 4) is 6.07 Å². The first-order valence-electron chi connectivity index (χ1n) is 7.10. The van der Waals surface area contributed by atoms with Gasteiger partial charge in [0.15, 0.2) is 0 Å². The fraction of sp³-hybridized carbons (Fsp3) is 0.500. The maximum atomic E-state index is 11.4. The number of nitrogens with zero attached hydrogens (tertiary/aromatic N) is 2. The van der Waals surface area contributed by atoms with Gasteiger partial charge in [-0.2, -0.15) is 5.26 Å². The molecule has 2 unspecified atom stereocenters. The Morgan fingerprint density at radius 2 is 2.35 bits per heavy atom. The number of likely N-dealkylation sites (tertiary alicyclic amines) is 1. The topological polar surface area (TPSA) is 64.3 Å². The molecule has 1 saturated heterocycles. The number of nitriles is 1. The predicted octanol–water partition coefficient (Wildman–Crippen LogP) is 2.63. The van der Waals surface area contributed by atoms with Crippen LogP contribution in [0.1, 0.15) is 37.3 Å². The molecule has 0 saturated carbocycles. The van der Waals surface area contributed by atoms with Crippen LogP contribution in [0, 0.1) is 17.2 Å². The minimum absolute atomic E-state index is 0.403. The Morgan fingerprint density at radius 3 is 3.00 bits per heavy atom. The standard InChI is InChI=1S/C16H20N2O2/c1-2-12-6-7-18(15(9-12)16(19)20)11-14-5-3-4-13(8-14)10-17/h3-5,8,12,15H,2,6-7,9,11H2,1H3,(H,19,20). The van der Waals surface area contributed by atoms with E-state index < -0.39 is 12.0 Å². The molecule has 2 atom stereocenters. The van der Waals surface area contributed by atoms with E-state index in [1.54, 1.807) is 6.07 Å². The van der Waals surface area contributed by atoms with E-state index >= 15 is 0 Å². The number of hydrogen-bond donors (Lipinski definition) is 1. The number of carboxylic acids is 1. The van der Waals surface area contributed by atoms with Crippen molar-refractivity contribution in [2.45, 2.75) is 38.8 Å². The summed E-state index contributed by atoms with van der Waals surface area (Å²) in [6.07, 6.45) is 2.82. The molecule has 0 spiro atoms. The molecule has 1 aromatic carbocycles. The summed E-state index contributed by atoms with van der Waals surface area (Å²) in [7, 11) is 0. The summed E-state index contributed by atoms with van der Waals surface area (Å²) in [6.45, 7) is 3.53. The average molecular weight is 272 g/mol. The van der Waals surface area contributed by atoms with Crippen LogP contribution in [0.5, 0.6) is 0 Å². The second kappa shape index (κ2) is 6.53. The molecule has 2 rings (SSSR count). The number of piperidine rings is 1. The van der Waals surface area contributed by atoms with Crippen molar-refractivity contribution in [3.05, 3.63) is 35.4 Å². The van der Waals surface area contributed by atoms with Gasteiger partial charge in [0.25, 0.3) is 0 Å². The SMILES string of the molecule is CCC1CCN(Cc2cccc(C#N)c2)C(C(=O)O)C1. The number of hydrogen-bond acceptors (Lipinski definition) is 3. The fourth-order valence-corrected chi connectivity index (χ4v) is 2.88. The van der Waals surface area contributed by atoms with Gasteiger partial charge in [-0.25, -0.2) is 0 Å². The van der Waals surface area contributed by atoms with E-state index in [9.17, 15) is 9.90 Å². The Bertz CT molecular complexity index is 521. The van der Waals surface area contributed by atoms with Gasteiger partial charge >= 0.3 is 5.97 Å². The summed E-state index contributed by atoms with van der Waals surface area (Å²) in [6, 6.07) is 9.12. The van der Waals surface area contributed by atoms with Crippen LogP contribution in [0.2, 0.25) is 0 Å². The number of aliphatic carboxylic acids is 1. The zero-order valence-corrected chi connectivity index (χ0v) is 11.7. The third-order valence-corrected chi connectivity index (χ3v) is 4.13. The van der Waals surface area contributed by atoms with Crippen LogP contribution in [0.3, 0.4) is 0 Å². The Balaban J connectivity index is 2.10. The van der Waals surface area contributed by atoms with Gasteiger partial charge in [0, 0.05) is 6.54 Å². The van der Waals surface area contributed by atoms with Crippen LogP contribution >= 0.6 is 0 Å². The van der Waals surface area contributed by atoms with E-state index in [1.165, 1.54) is 0 Å². The minimum Gasteiger partial charge on any atom is -0.480 e. The third kappa shape index (κ3) is 3.37. The van der Waals surface area contributed by atoms with Crippen LogP contribution in [0.25, 0.3) is 0 Å². The Labute approximate surface area is 119 Å². The van der Waals surface area contributed by atoms with Crippen LogP contribution in [-0.4, -0.2) is 28.6 Å². The van der Waals surface area contributed by atoms with E-state index in [4.69, 9.17) is 5.26 Å². The Hall–Kier alpha value is -1.86. The minimum atomic E-state index is -0.736. The summed E-state index contributed by atoms with van der Waals surface area (Å²) < 4.78 is 0. The maximum Gasteiger partial charge on any atom is 0.320 e. The van der Waals surface area contributed by atoms with E-state index in [2.05, 4.69) is 13.0 Å². The first-order chi connectivity index (χ1) is 9.63. The molecule has 106 valence electrons. The molecule has 1 heterocycles. The molecule has 1 aromatic rings. The van der Waals surface area contributed by atoms with Crippen molar-refractivity contribution < 1.29 is 9.90 Å². The van der Waals surface area contributed by atoms with Gasteiger partial charge in [0.05, 0.1) is 11.6 Å². The number of benzene rings is 1. The number of carboxylic acid groups (broad SMARTS) is 1. The molecule has 0 aliphatic carbocycles. The van der Waals surface area contributed by atoms with Crippen LogP contribution in [-0.2, 0) is 11.3 Å². The molecule has 20 heavy (non-hydrogen) atoms. The van der Waals surface area contributed by atoms with E-state index in [-0.39, 0.29) is 0 Å². The van der Waals surface area contributed by atoms with Gasteiger partial charge in [0.2, 0.25) is 0 Å². The summed E-state index contributed by atoms with van der Waals surface area (Å²) >= 11 is 0. The quantitative estimate of drug-likeness (QED) is 0.915. The van der Waals surface area contributed by atoms with E-state index in [1.807, 2.05) is 23.1 Å². The number of rotatable bonds is 4. The number of carbonyl (C=O) groups is 1. The maximum absolute atomic E-state index is 11.4. The van der Waals surface area contributed by atoms with E-state index in [0.29, 0.717) is 18.0 Å². The van der Waals surface area contributed by atoms with Crippen LogP contribution in [0.15, 0.2) is 24.3 Å². The first kappa shape index (κ1) is 14.5. The normalized spacial score (nSPS) is 23.2. The van der Waals surface area contributed by atoms with Gasteiger partial charge in [0.1, 0.15) is 6.04 Å². The summed E-state index contributed by atoms with van der Waals surface area (Å²) in [5, 5.41) is 18.3. The van der Waals surface area contributed by atoms with Crippen molar-refractivity contribution in [2.24, 2.45) is 5.92 Å². The van der Waals surface area contributed by atoms with Crippen molar-refractivity contribution >= 4 is 5.97 Å². The monoisotopic (exact) mass is 272 g/mol. The summed E-state index contributed by atoms with van der Waals surface area (Å²) in [4.78, 5) is 13.5. The average Bonchev–Trinajstić information content (AvgIpc) is 2.47. The van der Waals surface area contributed by atoms with Crippen LogP contribution in [0.4, 0.5) is 0 Å². The molecule has 1 fully saturated rings. The van der Waals surface area contributed by atoms with Gasteiger partial charge in [-0.05, 0) is 43.0 Å². The lowest BCUT2D eigenvalue weighted by Gasteiger charge is -2.37. The highest BCUT2D eigenvalue weighted by molar-refractivity contribution is 5.73. The predicted molar refractivity (Wildman–Crippen MR) is 76.0 cm³/mol. The molecular weight excluding hydrogens is 252 g/mol. The van der Waals surface area contributed by atoms with Crippen molar-refractivity contribution in [3.63, 3.8) is 0 Å². The zero-order valence-electron chi connectivity index (χ0n) is 11.7. The Kier molecular flexibility index (Phi) is 4.75. The highest BCUT2D eigenvalue weighted by Crippen LogP contribution is 2.27. The van der Waals surface area contributed by atoms with Crippen LogP contribution < -0.4 is 0 Å². The molecule has 0 bridgehead atoms. The molecule has 0 aromatic heterocycles. The lowest BCUT2D eigenvalue weighted by Crippen LogP contribution is -2.46. The lowest BCUT2D eigenvalue weighted by atomic mass is 9.88. The molecule has 4 nitrogen and oxygen atoms in total. The molecule has 0 amide bonds. The van der Waals surface area contributed by atoms with E-state index in [0.717, 1.165) is 31.4 Å². The summed E-state index contributed by atoms with van der Waals surface area (Å²) in [5.41, 5.74) is 1.63. The van der Waals surface area contributed by atoms with Crippen molar-refractivity contribution in [1.29, 1.82) is 5.26 Å². The fourth-order valence-electron chi connectivity index (χ4n) is 2.88. The molecule has 1 N–H and O–H groups in total. The molecular formula is C16H20N2O2. The highest BCUT2D eigenvalue weighted by atomic mass is 16.4. The Morgan fingerprint density at radius 1 is 1.55 bits per heavy atom. The highest BCUT2D eigenvalue weighted by Gasteiger charge is 2.32. The first-order valence-corrected chi connectivity index (χ1v) is 7.10.